The molecule has 0 spiro atoms. The van der Waals surface area contributed by atoms with Crippen molar-refractivity contribution in [3.8, 4) is 0 Å². The molecule has 0 saturated carbocycles. The second-order valence-electron chi connectivity index (χ2n) is 13.6. The number of benzene rings is 8. The largest absolute Gasteiger partial charge is 0.116 e. The number of hydrogen-bond donors (Lipinski definition) is 0. The second-order valence-corrected chi connectivity index (χ2v) is 92.0. The summed E-state index contributed by atoms with van der Waals surface area (Å²) in [5.74, 6) is 0. The van der Waals surface area contributed by atoms with E-state index < -0.39 is 25.8 Å². The average molecular weight is 1460 g/mol. The predicted octanol–water partition coefficient (Wildman–Crippen LogP) is 17.1. The molecule has 0 fully saturated rings. The third kappa shape index (κ3) is 17.0. The number of rotatable bonds is 10. The van der Waals surface area contributed by atoms with Crippen LogP contribution in [-0.2, 0) is 23.6 Å². The van der Waals surface area contributed by atoms with E-state index in [2.05, 4.69) is 356 Å². The van der Waals surface area contributed by atoms with E-state index in [4.69, 9.17) is 0 Å². The van der Waals surface area contributed by atoms with Crippen LogP contribution in [0.5, 0.6) is 0 Å². The molecule has 0 aliphatic carbocycles. The normalized spacial score (nSPS) is 11.9. The molecule has 62 heavy (non-hydrogen) atoms. The summed E-state index contributed by atoms with van der Waals surface area (Å²) in [7, 11) is -3.55. The molecule has 0 unspecified atom stereocenters. The number of halogens is 8. The monoisotopic (exact) mass is 1450 g/mol. The Balaban J connectivity index is 0.000000193. The summed E-state index contributed by atoms with van der Waals surface area (Å²) in [6, 6.07) is 88.1. The molecule has 0 aromatic heterocycles. The first-order valence-electron chi connectivity index (χ1n) is 19.1. The molecule has 0 bridgehead atoms. The van der Waals surface area contributed by atoms with Gasteiger partial charge in [-0.05, 0) is 83.9 Å². The van der Waals surface area contributed by atoms with Gasteiger partial charge in [-0.15, -0.1) is 0 Å². The molecular formula is C50H44Br8Mn2P2. The van der Waals surface area contributed by atoms with Crippen molar-refractivity contribution in [3.63, 3.8) is 0 Å². The van der Waals surface area contributed by atoms with E-state index in [0.29, 0.717) is 0 Å². The fourth-order valence-corrected chi connectivity index (χ4v) is 15.7. The van der Waals surface area contributed by atoms with Crippen molar-refractivity contribution < 1.29 is 11.2 Å². The summed E-state index contributed by atoms with van der Waals surface area (Å²) >= 11 is 26.1. The van der Waals surface area contributed by atoms with Gasteiger partial charge in [0.2, 0.25) is 0 Å². The van der Waals surface area contributed by atoms with Gasteiger partial charge >= 0.3 is 124 Å². The predicted molar refractivity (Wildman–Crippen MR) is 302 cm³/mol. The summed E-state index contributed by atoms with van der Waals surface area (Å²) in [6.07, 6.45) is 2.07. The second kappa shape index (κ2) is 26.7. The van der Waals surface area contributed by atoms with Crippen molar-refractivity contribution in [2.45, 2.75) is 12.3 Å². The van der Waals surface area contributed by atoms with Crippen molar-refractivity contribution in [2.75, 3.05) is 0 Å². The van der Waals surface area contributed by atoms with Crippen LogP contribution >= 0.6 is 127 Å². The molecular weight excluding hydrogens is 1410 g/mol. The SMILES string of the molecule is [Br][Mn-]([Br])([Br])[Br].[Br][Mn-]([Br])([Br])[Br].c1ccc(C[P+](c2ccccc2)(c2ccccc2)c2ccccc2)cc1.c1ccc(C[P+](c2ccccc2)(c2ccccc2)c2ccccc2)cc1. The molecule has 8 aromatic carbocycles. The quantitative estimate of drug-likeness (QED) is 0.0946. The summed E-state index contributed by atoms with van der Waals surface area (Å²) in [6.45, 7) is 0. The molecule has 0 aliphatic heterocycles. The summed E-state index contributed by atoms with van der Waals surface area (Å²) in [4.78, 5) is 0. The third-order valence-electron chi connectivity index (χ3n) is 9.71. The fourth-order valence-electron chi connectivity index (χ4n) is 7.25. The van der Waals surface area contributed by atoms with E-state index in [9.17, 15) is 0 Å². The topological polar surface area (TPSA) is 0 Å². The van der Waals surface area contributed by atoms with Gasteiger partial charge in [0.15, 0.2) is 0 Å². The van der Waals surface area contributed by atoms with E-state index in [1.807, 2.05) is 0 Å². The van der Waals surface area contributed by atoms with E-state index in [0.717, 1.165) is 12.3 Å². The van der Waals surface area contributed by atoms with Gasteiger partial charge in [0.1, 0.15) is 46.4 Å². The first kappa shape index (κ1) is 52.5. The van der Waals surface area contributed by atoms with Gasteiger partial charge in [0, 0.05) is 0 Å². The minimum atomic E-state index is -1.78. The maximum Gasteiger partial charge on any atom is 0.116 e. The van der Waals surface area contributed by atoms with Gasteiger partial charge in [-0.1, -0.05) is 170 Å². The molecule has 0 aliphatic rings. The molecule has 0 heterocycles. The molecule has 12 heteroatoms. The molecule has 0 saturated heterocycles. The maximum absolute atomic E-state index is 3.27. The Bertz CT molecular complexity index is 2050. The summed E-state index contributed by atoms with van der Waals surface area (Å²) in [5, 5.41) is 8.59. The standard InChI is InChI=1S/2C25H22P.8BrH.2Mn/c2*1-5-13-22(14-6-1)21-26(23-15-7-2-8-16-23,24-17-9-3-10-18-24)25-19-11-4-12-20-25;;;;;;;;;;/h2*1-20H,21H2;8*1H;;/q2*+1;;;;;;;;;2*+3/p-8. The molecule has 8 rings (SSSR count). The molecule has 8 aromatic rings. The van der Waals surface area contributed by atoms with E-state index in [1.165, 1.54) is 43.0 Å². The maximum atomic E-state index is 3.27. The molecule has 0 radical (unpaired) electrons. The van der Waals surface area contributed by atoms with Crippen LogP contribution in [0.1, 0.15) is 11.1 Å². The Morgan fingerprint density at radius 2 is 0.355 bits per heavy atom. The molecule has 0 atom stereocenters. The molecule has 0 nitrogen and oxygen atoms in total. The van der Waals surface area contributed by atoms with Gasteiger partial charge in [-0.2, -0.15) is 0 Å². The zero-order valence-corrected chi connectivity index (χ0v) is 50.0. The van der Waals surface area contributed by atoms with Gasteiger partial charge < -0.3 is 0 Å². The van der Waals surface area contributed by atoms with Crippen LogP contribution in [0.3, 0.4) is 0 Å². The van der Waals surface area contributed by atoms with Crippen LogP contribution in [0.15, 0.2) is 243 Å². The smallest absolute Gasteiger partial charge is 0.0622 e. The zero-order valence-electron chi connectivity index (χ0n) is 33.2. The summed E-state index contributed by atoms with van der Waals surface area (Å²) in [5.41, 5.74) is 0.0229. The Labute approximate surface area is 430 Å². The Morgan fingerprint density at radius 3 is 0.500 bits per heavy atom. The van der Waals surface area contributed by atoms with Crippen molar-refractivity contribution in [2.24, 2.45) is 0 Å². The van der Waals surface area contributed by atoms with E-state index in [1.54, 1.807) is 0 Å². The minimum absolute atomic E-state index is 1.03. The zero-order chi connectivity index (χ0) is 44.3. The Kier molecular flexibility index (Phi) is 22.6. The van der Waals surface area contributed by atoms with Crippen molar-refractivity contribution in [3.05, 3.63) is 254 Å². The average Bonchev–Trinajstić information content (AvgIpc) is 3.29. The fraction of sp³-hybridized carbons (Fsp3) is 0.0400. The Morgan fingerprint density at radius 1 is 0.226 bits per heavy atom. The third-order valence-corrected chi connectivity index (χ3v) is 18.5. The first-order chi connectivity index (χ1) is 29.8. The van der Waals surface area contributed by atoms with Crippen LogP contribution < -0.4 is 31.8 Å². The van der Waals surface area contributed by atoms with Crippen molar-refractivity contribution in [1.82, 2.24) is 0 Å². The minimum Gasteiger partial charge on any atom is -0.0622 e. The molecule has 0 amide bonds. The van der Waals surface area contributed by atoms with E-state index >= 15 is 0 Å². The Hall–Kier alpha value is -0.501. The van der Waals surface area contributed by atoms with Crippen LogP contribution in [0.25, 0.3) is 0 Å². The van der Waals surface area contributed by atoms with Gasteiger partial charge in [-0.3, -0.25) is 0 Å². The van der Waals surface area contributed by atoms with Crippen LogP contribution in [0, 0.1) is 0 Å². The van der Waals surface area contributed by atoms with E-state index in [-0.39, 0.29) is 0 Å². The first-order valence-corrected chi connectivity index (χ1v) is 46.4. The van der Waals surface area contributed by atoms with Crippen molar-refractivity contribution >= 4 is 159 Å². The molecule has 0 N–H and O–H groups in total. The van der Waals surface area contributed by atoms with Gasteiger partial charge in [0.25, 0.3) is 0 Å². The van der Waals surface area contributed by atoms with Crippen LogP contribution in [0.2, 0.25) is 0 Å². The van der Waals surface area contributed by atoms with Gasteiger partial charge in [-0.25, -0.2) is 0 Å². The molecule has 324 valence electrons. The van der Waals surface area contributed by atoms with Crippen molar-refractivity contribution in [1.29, 1.82) is 0 Å². The van der Waals surface area contributed by atoms with Crippen LogP contribution in [0.4, 0.5) is 0 Å². The summed E-state index contributed by atoms with van der Waals surface area (Å²) < 4.78 is 0. The number of hydrogen-bond acceptors (Lipinski definition) is 0. The van der Waals surface area contributed by atoms with Gasteiger partial charge in [0.05, 0.1) is 12.3 Å². The van der Waals surface area contributed by atoms with Crippen LogP contribution in [-0.4, -0.2) is 0 Å².